The fourth-order valence-electron chi connectivity index (χ4n) is 2.00. The van der Waals surface area contributed by atoms with E-state index in [-0.39, 0.29) is 0 Å². The lowest BCUT2D eigenvalue weighted by atomic mass is 10.0. The van der Waals surface area contributed by atoms with E-state index < -0.39 is 0 Å². The Labute approximate surface area is 100 Å². The third kappa shape index (κ3) is 2.29. The number of nitrogens with zero attached hydrogens (tertiary/aromatic N) is 2. The molecule has 1 aliphatic rings. The van der Waals surface area contributed by atoms with Gasteiger partial charge in [0, 0.05) is 24.2 Å². The Balaban J connectivity index is 2.26. The van der Waals surface area contributed by atoms with Crippen LogP contribution in [0.5, 0.6) is 0 Å². The van der Waals surface area contributed by atoms with E-state index in [1.165, 1.54) is 0 Å². The van der Waals surface area contributed by atoms with Crippen molar-refractivity contribution in [1.29, 1.82) is 5.26 Å². The molecule has 1 aromatic rings. The minimum absolute atomic E-state index is 0.293. The molecule has 1 aromatic carbocycles. The molecule has 0 saturated carbocycles. The number of benzene rings is 1. The van der Waals surface area contributed by atoms with Crippen molar-refractivity contribution in [3.63, 3.8) is 0 Å². The van der Waals surface area contributed by atoms with Gasteiger partial charge in [-0.2, -0.15) is 5.26 Å². The van der Waals surface area contributed by atoms with Crippen molar-refractivity contribution in [2.45, 2.75) is 18.9 Å². The maximum absolute atomic E-state index is 9.05. The fourth-order valence-corrected chi connectivity index (χ4v) is 2.17. The number of hydrogen-bond donors (Lipinski definition) is 1. The van der Waals surface area contributed by atoms with Crippen molar-refractivity contribution in [1.82, 2.24) is 0 Å². The molecule has 1 aliphatic heterocycles. The van der Waals surface area contributed by atoms with Crippen molar-refractivity contribution in [2.24, 2.45) is 5.73 Å². The lowest BCUT2D eigenvalue weighted by molar-refractivity contribution is 0.501. The summed E-state index contributed by atoms with van der Waals surface area (Å²) in [5.41, 5.74) is 7.47. The summed E-state index contributed by atoms with van der Waals surface area (Å²) in [6.45, 7) is 1.80. The second-order valence-corrected chi connectivity index (χ2v) is 4.53. The van der Waals surface area contributed by atoms with Crippen LogP contribution in [0.25, 0.3) is 0 Å². The normalized spacial score (nSPS) is 17.2. The van der Waals surface area contributed by atoms with Gasteiger partial charge in [-0.1, -0.05) is 11.6 Å². The zero-order chi connectivity index (χ0) is 11.5. The van der Waals surface area contributed by atoms with Crippen LogP contribution in [-0.2, 0) is 0 Å². The highest BCUT2D eigenvalue weighted by Gasteiger charge is 2.18. The topological polar surface area (TPSA) is 53.0 Å². The SMILES string of the molecule is N#Cc1ccc(Cl)cc1N1CCC(N)CC1. The number of halogens is 1. The predicted octanol–water partition coefficient (Wildman–Crippen LogP) is 2.14. The standard InChI is InChI=1S/C12H14ClN3/c13-10-2-1-9(8-14)12(7-10)16-5-3-11(15)4-6-16/h1-2,7,11H,3-6,15H2. The molecular weight excluding hydrogens is 222 g/mol. The molecule has 0 spiro atoms. The Bertz CT molecular complexity index is 417. The van der Waals surface area contributed by atoms with E-state index in [0.717, 1.165) is 31.6 Å². The predicted molar refractivity (Wildman–Crippen MR) is 65.6 cm³/mol. The molecule has 0 amide bonds. The molecule has 4 heteroatoms. The largest absolute Gasteiger partial charge is 0.370 e. The fraction of sp³-hybridized carbons (Fsp3) is 0.417. The first-order chi connectivity index (χ1) is 7.70. The van der Waals surface area contributed by atoms with Gasteiger partial charge < -0.3 is 10.6 Å². The molecule has 1 fully saturated rings. The van der Waals surface area contributed by atoms with E-state index in [1.807, 2.05) is 6.07 Å². The van der Waals surface area contributed by atoms with Crippen molar-refractivity contribution in [2.75, 3.05) is 18.0 Å². The maximum atomic E-state index is 9.05. The lowest BCUT2D eigenvalue weighted by Crippen LogP contribution is -2.40. The minimum Gasteiger partial charge on any atom is -0.370 e. The van der Waals surface area contributed by atoms with Gasteiger partial charge in [-0.15, -0.1) is 0 Å². The molecule has 1 saturated heterocycles. The summed E-state index contributed by atoms with van der Waals surface area (Å²) in [5.74, 6) is 0. The third-order valence-electron chi connectivity index (χ3n) is 2.96. The summed E-state index contributed by atoms with van der Waals surface area (Å²) < 4.78 is 0. The zero-order valence-corrected chi connectivity index (χ0v) is 9.74. The average molecular weight is 236 g/mol. The Morgan fingerprint density at radius 2 is 2.06 bits per heavy atom. The zero-order valence-electron chi connectivity index (χ0n) is 8.99. The van der Waals surface area contributed by atoms with E-state index in [9.17, 15) is 0 Å². The number of piperidine rings is 1. The molecule has 3 nitrogen and oxygen atoms in total. The number of nitriles is 1. The molecule has 0 unspecified atom stereocenters. The number of hydrogen-bond acceptors (Lipinski definition) is 3. The molecule has 0 aliphatic carbocycles. The van der Waals surface area contributed by atoms with Crippen molar-refractivity contribution in [3.8, 4) is 6.07 Å². The first-order valence-corrected chi connectivity index (χ1v) is 5.78. The highest BCUT2D eigenvalue weighted by molar-refractivity contribution is 6.30. The van der Waals surface area contributed by atoms with E-state index in [0.29, 0.717) is 16.6 Å². The van der Waals surface area contributed by atoms with Gasteiger partial charge in [-0.3, -0.25) is 0 Å². The van der Waals surface area contributed by atoms with Crippen LogP contribution >= 0.6 is 11.6 Å². The second-order valence-electron chi connectivity index (χ2n) is 4.10. The molecule has 0 radical (unpaired) electrons. The summed E-state index contributed by atoms with van der Waals surface area (Å²) >= 11 is 5.96. The van der Waals surface area contributed by atoms with Crippen LogP contribution in [0, 0.1) is 11.3 Å². The van der Waals surface area contributed by atoms with E-state index in [2.05, 4.69) is 11.0 Å². The van der Waals surface area contributed by atoms with Gasteiger partial charge in [0.05, 0.1) is 11.3 Å². The smallest absolute Gasteiger partial charge is 0.101 e. The molecule has 1 heterocycles. The number of anilines is 1. The quantitative estimate of drug-likeness (QED) is 0.812. The highest BCUT2D eigenvalue weighted by Crippen LogP contribution is 2.26. The van der Waals surface area contributed by atoms with Crippen LogP contribution in [0.1, 0.15) is 18.4 Å². The van der Waals surface area contributed by atoms with Crippen LogP contribution in [0.15, 0.2) is 18.2 Å². The molecule has 2 N–H and O–H groups in total. The van der Waals surface area contributed by atoms with Crippen LogP contribution in [-0.4, -0.2) is 19.1 Å². The molecule has 0 atom stereocenters. The third-order valence-corrected chi connectivity index (χ3v) is 3.20. The molecule has 2 rings (SSSR count). The number of rotatable bonds is 1. The lowest BCUT2D eigenvalue weighted by Gasteiger charge is -2.32. The molecule has 16 heavy (non-hydrogen) atoms. The van der Waals surface area contributed by atoms with Gasteiger partial charge in [-0.05, 0) is 31.0 Å². The Hall–Kier alpha value is -1.24. The maximum Gasteiger partial charge on any atom is 0.101 e. The van der Waals surface area contributed by atoms with Crippen LogP contribution in [0.4, 0.5) is 5.69 Å². The van der Waals surface area contributed by atoms with Gasteiger partial charge >= 0.3 is 0 Å². The molecular formula is C12H14ClN3. The molecule has 0 aromatic heterocycles. The summed E-state index contributed by atoms with van der Waals surface area (Å²) in [7, 11) is 0. The summed E-state index contributed by atoms with van der Waals surface area (Å²) in [6, 6.07) is 7.87. The van der Waals surface area contributed by atoms with Gasteiger partial charge in [0.15, 0.2) is 0 Å². The van der Waals surface area contributed by atoms with Gasteiger partial charge in [0.1, 0.15) is 6.07 Å². The average Bonchev–Trinajstić information content (AvgIpc) is 2.30. The van der Waals surface area contributed by atoms with Crippen LogP contribution < -0.4 is 10.6 Å². The van der Waals surface area contributed by atoms with Crippen LogP contribution in [0.2, 0.25) is 5.02 Å². The number of nitrogens with two attached hydrogens (primary N) is 1. The first kappa shape index (κ1) is 11.3. The monoisotopic (exact) mass is 235 g/mol. The summed E-state index contributed by atoms with van der Waals surface area (Å²) in [5, 5.41) is 9.72. The van der Waals surface area contributed by atoms with E-state index >= 15 is 0 Å². The van der Waals surface area contributed by atoms with Gasteiger partial charge in [0.2, 0.25) is 0 Å². The Morgan fingerprint density at radius 1 is 1.38 bits per heavy atom. The van der Waals surface area contributed by atoms with Crippen LogP contribution in [0.3, 0.4) is 0 Å². The Morgan fingerprint density at radius 3 is 2.69 bits per heavy atom. The van der Waals surface area contributed by atoms with Crippen molar-refractivity contribution >= 4 is 17.3 Å². The van der Waals surface area contributed by atoms with Crippen molar-refractivity contribution in [3.05, 3.63) is 28.8 Å². The van der Waals surface area contributed by atoms with Gasteiger partial charge in [0.25, 0.3) is 0 Å². The first-order valence-electron chi connectivity index (χ1n) is 5.41. The van der Waals surface area contributed by atoms with Gasteiger partial charge in [-0.25, -0.2) is 0 Å². The summed E-state index contributed by atoms with van der Waals surface area (Å²) in [4.78, 5) is 2.19. The second kappa shape index (κ2) is 4.73. The molecule has 0 bridgehead atoms. The Kier molecular flexibility index (Phi) is 3.33. The molecule has 84 valence electrons. The highest BCUT2D eigenvalue weighted by atomic mass is 35.5. The van der Waals surface area contributed by atoms with E-state index in [1.54, 1.807) is 12.1 Å². The van der Waals surface area contributed by atoms with Crippen molar-refractivity contribution < 1.29 is 0 Å². The minimum atomic E-state index is 0.293. The van der Waals surface area contributed by atoms with E-state index in [4.69, 9.17) is 22.6 Å². The summed E-state index contributed by atoms with van der Waals surface area (Å²) in [6.07, 6.45) is 1.94.